The van der Waals surface area contributed by atoms with Crippen molar-refractivity contribution in [1.29, 1.82) is 0 Å². The average molecular weight is 389 g/mol. The van der Waals surface area contributed by atoms with E-state index in [4.69, 9.17) is 0 Å². The average Bonchev–Trinajstić information content (AvgIpc) is 2.92. The second-order valence-corrected chi connectivity index (χ2v) is 6.78. The van der Waals surface area contributed by atoms with E-state index in [1.54, 1.807) is 12.1 Å². The number of alkyl halides is 1. The van der Waals surface area contributed by atoms with Gasteiger partial charge in [0.15, 0.2) is 5.78 Å². The van der Waals surface area contributed by atoms with Crippen LogP contribution in [0, 0.1) is 10.1 Å². The molecule has 0 amide bonds. The number of aryl methyl sites for hydroxylation is 1. The molecule has 5 nitrogen and oxygen atoms in total. The Labute approximate surface area is 147 Å². The predicted octanol–water partition coefficient (Wildman–Crippen LogP) is 5.08. The summed E-state index contributed by atoms with van der Waals surface area (Å²) in [5.41, 5.74) is 2.59. The number of nitrogens with zero attached hydrogens (tertiary/aromatic N) is 2. The third-order valence-corrected chi connectivity index (χ3v) is 5.37. The van der Waals surface area contributed by atoms with Crippen molar-refractivity contribution in [3.05, 3.63) is 52.1 Å². The second kappa shape index (κ2) is 6.36. The van der Waals surface area contributed by atoms with Crippen LogP contribution >= 0.6 is 15.9 Å². The smallest absolute Gasteiger partial charge is 0.270 e. The minimum atomic E-state index is -0.394. The highest BCUT2D eigenvalue weighted by Crippen LogP contribution is 2.33. The summed E-state index contributed by atoms with van der Waals surface area (Å²) in [6, 6.07) is 10.5. The zero-order valence-corrected chi connectivity index (χ0v) is 15.0. The summed E-state index contributed by atoms with van der Waals surface area (Å²) in [6.07, 6.45) is 0.707. The first-order chi connectivity index (χ1) is 11.5. The molecule has 1 heterocycles. The van der Waals surface area contributed by atoms with Crippen molar-refractivity contribution in [3.8, 4) is 0 Å². The quantitative estimate of drug-likeness (QED) is 0.265. The van der Waals surface area contributed by atoms with Crippen molar-refractivity contribution in [1.82, 2.24) is 4.57 Å². The summed E-state index contributed by atoms with van der Waals surface area (Å²) in [6.45, 7) is 4.73. The molecule has 24 heavy (non-hydrogen) atoms. The topological polar surface area (TPSA) is 65.1 Å². The van der Waals surface area contributed by atoms with Gasteiger partial charge < -0.3 is 4.57 Å². The first-order valence-corrected chi connectivity index (χ1v) is 8.78. The summed E-state index contributed by atoms with van der Waals surface area (Å²) in [5.74, 6) is 0.0298. The number of benzene rings is 2. The molecule has 124 valence electrons. The highest BCUT2D eigenvalue weighted by Gasteiger charge is 2.18. The van der Waals surface area contributed by atoms with Crippen LogP contribution < -0.4 is 0 Å². The number of halogens is 1. The Hall–Kier alpha value is -2.21. The number of non-ortho nitro benzene ring substituents is 1. The molecule has 1 atom stereocenters. The molecule has 0 radical (unpaired) electrons. The van der Waals surface area contributed by atoms with Gasteiger partial charge in [0.2, 0.25) is 0 Å². The van der Waals surface area contributed by atoms with Crippen molar-refractivity contribution >= 4 is 49.2 Å². The van der Waals surface area contributed by atoms with Gasteiger partial charge in [-0.1, -0.05) is 22.9 Å². The zero-order chi connectivity index (χ0) is 17.4. The Morgan fingerprint density at radius 1 is 1.17 bits per heavy atom. The van der Waals surface area contributed by atoms with Crippen molar-refractivity contribution in [2.75, 3.05) is 0 Å². The van der Waals surface area contributed by atoms with Gasteiger partial charge in [0.25, 0.3) is 5.69 Å². The molecule has 0 spiro atoms. The molecular weight excluding hydrogens is 372 g/mol. The zero-order valence-electron chi connectivity index (χ0n) is 13.5. The molecule has 0 fully saturated rings. The number of aromatic nitrogens is 1. The van der Waals surface area contributed by atoms with Gasteiger partial charge in [0, 0.05) is 46.0 Å². The normalized spacial score (nSPS) is 12.6. The number of rotatable bonds is 5. The van der Waals surface area contributed by atoms with Gasteiger partial charge in [-0.15, -0.1) is 0 Å². The lowest BCUT2D eigenvalue weighted by Crippen LogP contribution is -2.12. The standard InChI is InChI=1S/C18H17BrN2O3/c1-3-15(19)18(22)11-5-7-16-13(9-11)14-10-12(21(23)24)6-8-17(14)20(16)4-2/h5-10,15H,3-4H2,1-2H3. The predicted molar refractivity (Wildman–Crippen MR) is 99.1 cm³/mol. The van der Waals surface area contributed by atoms with E-state index in [-0.39, 0.29) is 16.3 Å². The monoisotopic (exact) mass is 388 g/mol. The lowest BCUT2D eigenvalue weighted by molar-refractivity contribution is -0.384. The van der Waals surface area contributed by atoms with Crippen LogP contribution in [0.4, 0.5) is 5.69 Å². The van der Waals surface area contributed by atoms with Crippen LogP contribution in [-0.2, 0) is 6.54 Å². The summed E-state index contributed by atoms with van der Waals surface area (Å²) in [5, 5.41) is 12.8. The van der Waals surface area contributed by atoms with Crippen molar-refractivity contribution < 1.29 is 9.72 Å². The van der Waals surface area contributed by atoms with Gasteiger partial charge in [0.05, 0.1) is 9.75 Å². The van der Waals surface area contributed by atoms with E-state index in [0.29, 0.717) is 12.0 Å². The summed E-state index contributed by atoms with van der Waals surface area (Å²) >= 11 is 3.40. The minimum absolute atomic E-state index is 0.0298. The van der Waals surface area contributed by atoms with Crippen LogP contribution in [-0.4, -0.2) is 20.1 Å². The minimum Gasteiger partial charge on any atom is -0.341 e. The van der Waals surface area contributed by atoms with Gasteiger partial charge in [-0.05, 0) is 37.6 Å². The molecule has 1 unspecified atom stereocenters. The van der Waals surface area contributed by atoms with E-state index in [9.17, 15) is 14.9 Å². The largest absolute Gasteiger partial charge is 0.341 e. The van der Waals surface area contributed by atoms with E-state index in [1.807, 2.05) is 32.0 Å². The number of carbonyl (C=O) groups is 1. The molecule has 0 aliphatic rings. The first-order valence-electron chi connectivity index (χ1n) is 7.86. The van der Waals surface area contributed by atoms with Crippen LogP contribution in [0.25, 0.3) is 21.8 Å². The fourth-order valence-corrected chi connectivity index (χ4v) is 3.33. The van der Waals surface area contributed by atoms with Gasteiger partial charge in [0.1, 0.15) is 0 Å². The van der Waals surface area contributed by atoms with E-state index >= 15 is 0 Å². The maximum Gasteiger partial charge on any atom is 0.270 e. The molecular formula is C18H17BrN2O3. The van der Waals surface area contributed by atoms with Crippen LogP contribution in [0.2, 0.25) is 0 Å². The summed E-state index contributed by atoms with van der Waals surface area (Å²) in [4.78, 5) is 22.9. The molecule has 0 aliphatic heterocycles. The van der Waals surface area contributed by atoms with Crippen molar-refractivity contribution in [2.24, 2.45) is 0 Å². The van der Waals surface area contributed by atoms with Gasteiger partial charge in [-0.3, -0.25) is 14.9 Å². The molecule has 0 saturated heterocycles. The van der Waals surface area contributed by atoms with Crippen molar-refractivity contribution in [2.45, 2.75) is 31.6 Å². The Morgan fingerprint density at radius 3 is 2.38 bits per heavy atom. The summed E-state index contributed by atoms with van der Waals surface area (Å²) in [7, 11) is 0. The molecule has 3 rings (SSSR count). The number of ketones is 1. The third kappa shape index (κ3) is 2.60. The molecule has 2 aromatic carbocycles. The van der Waals surface area contributed by atoms with Gasteiger partial charge in [-0.25, -0.2) is 0 Å². The fourth-order valence-electron chi connectivity index (χ4n) is 3.07. The van der Waals surface area contributed by atoms with E-state index in [2.05, 4.69) is 20.5 Å². The molecule has 3 aromatic rings. The van der Waals surface area contributed by atoms with Gasteiger partial charge >= 0.3 is 0 Å². The fraction of sp³-hybridized carbons (Fsp3) is 0.278. The lowest BCUT2D eigenvalue weighted by Gasteiger charge is -2.07. The Kier molecular flexibility index (Phi) is 4.41. The number of hydrogen-bond donors (Lipinski definition) is 0. The van der Waals surface area contributed by atoms with Gasteiger partial charge in [-0.2, -0.15) is 0 Å². The highest BCUT2D eigenvalue weighted by molar-refractivity contribution is 9.10. The number of nitro groups is 1. The third-order valence-electron chi connectivity index (χ3n) is 4.30. The van der Waals surface area contributed by atoms with Crippen molar-refractivity contribution in [3.63, 3.8) is 0 Å². The summed E-state index contributed by atoms with van der Waals surface area (Å²) < 4.78 is 2.11. The van der Waals surface area contributed by atoms with Crippen LogP contribution in [0.15, 0.2) is 36.4 Å². The molecule has 0 aliphatic carbocycles. The maximum atomic E-state index is 12.4. The van der Waals surface area contributed by atoms with E-state index in [1.165, 1.54) is 6.07 Å². The Balaban J connectivity index is 2.30. The SMILES string of the molecule is CCC(Br)C(=O)c1ccc2c(c1)c1cc([N+](=O)[O-])ccc1n2CC. The highest BCUT2D eigenvalue weighted by atomic mass is 79.9. The van der Waals surface area contributed by atoms with E-state index in [0.717, 1.165) is 28.4 Å². The molecule has 0 saturated carbocycles. The molecule has 0 bridgehead atoms. The molecule has 0 N–H and O–H groups in total. The Bertz CT molecular complexity index is 962. The number of Topliss-reactive ketones (excluding diaryl/α,β-unsaturated/α-hetero) is 1. The first kappa shape index (κ1) is 16.6. The van der Waals surface area contributed by atoms with Crippen LogP contribution in [0.1, 0.15) is 30.6 Å². The lowest BCUT2D eigenvalue weighted by atomic mass is 10.0. The van der Waals surface area contributed by atoms with E-state index < -0.39 is 4.92 Å². The number of fused-ring (bicyclic) bond motifs is 3. The van der Waals surface area contributed by atoms with Crippen LogP contribution in [0.5, 0.6) is 0 Å². The van der Waals surface area contributed by atoms with Crippen LogP contribution in [0.3, 0.4) is 0 Å². The maximum absolute atomic E-state index is 12.4. The second-order valence-electron chi connectivity index (χ2n) is 5.67. The number of carbonyl (C=O) groups excluding carboxylic acids is 1. The molecule has 1 aromatic heterocycles. The number of hydrogen-bond acceptors (Lipinski definition) is 3. The number of nitro benzene ring substituents is 1. The Morgan fingerprint density at radius 2 is 1.79 bits per heavy atom. The molecule has 6 heteroatoms.